The van der Waals surface area contributed by atoms with Crippen molar-refractivity contribution in [1.82, 2.24) is 0 Å². The molecule has 0 saturated carbocycles. The topological polar surface area (TPSA) is 80.6 Å². The van der Waals surface area contributed by atoms with Gasteiger partial charge >= 0.3 is 0 Å². The van der Waals surface area contributed by atoms with Crippen LogP contribution in [0.2, 0.25) is 0 Å². The number of para-hydroxylation sites is 3. The van der Waals surface area contributed by atoms with Crippen LogP contribution in [0.25, 0.3) is 11.0 Å². The minimum atomic E-state index is -0.480. The highest BCUT2D eigenvalue weighted by atomic mass is 16.5. The average Bonchev–Trinajstić information content (AvgIpc) is 3.12. The van der Waals surface area contributed by atoms with E-state index >= 15 is 0 Å². The number of rotatable bonds is 6. The number of benzene rings is 3. The Morgan fingerprint density at radius 2 is 1.71 bits per heavy atom. The van der Waals surface area contributed by atoms with Crippen molar-refractivity contribution >= 4 is 34.2 Å². The molecule has 3 aromatic carbocycles. The zero-order valence-electron chi connectivity index (χ0n) is 17.3. The molecular weight excluding hydrogens is 392 g/mol. The smallest absolute Gasteiger partial charge is 0.293 e. The van der Waals surface area contributed by atoms with E-state index in [-0.39, 0.29) is 18.1 Å². The number of furan rings is 1. The Bertz CT molecular complexity index is 1260. The highest BCUT2D eigenvalue weighted by Crippen LogP contribution is 2.32. The maximum Gasteiger partial charge on any atom is 0.293 e. The van der Waals surface area contributed by atoms with Gasteiger partial charge in [-0.15, -0.1) is 0 Å². The van der Waals surface area contributed by atoms with E-state index in [2.05, 4.69) is 10.6 Å². The number of carbonyl (C=O) groups is 2. The summed E-state index contributed by atoms with van der Waals surface area (Å²) < 4.78 is 11.1. The van der Waals surface area contributed by atoms with Gasteiger partial charge in [0.15, 0.2) is 0 Å². The molecule has 0 aliphatic rings. The molecule has 2 amide bonds. The third-order valence-corrected chi connectivity index (χ3v) is 4.87. The number of ether oxygens (including phenoxy) is 1. The first kappa shape index (κ1) is 20.2. The lowest BCUT2D eigenvalue weighted by Gasteiger charge is -2.10. The molecule has 2 N–H and O–H groups in total. The highest BCUT2D eigenvalue weighted by molar-refractivity contribution is 6.15. The summed E-state index contributed by atoms with van der Waals surface area (Å²) in [7, 11) is 1.53. The minimum Gasteiger partial charge on any atom is -0.495 e. The summed E-state index contributed by atoms with van der Waals surface area (Å²) in [6.45, 7) is 1.98. The SMILES string of the molecule is COc1ccccc1NC(=O)c1oc2ccccc2c1NC(=O)Cc1cccc(C)c1. The van der Waals surface area contributed by atoms with Crippen molar-refractivity contribution in [3.05, 3.63) is 89.7 Å². The van der Waals surface area contributed by atoms with Crippen molar-refractivity contribution in [2.75, 3.05) is 17.7 Å². The van der Waals surface area contributed by atoms with E-state index in [0.717, 1.165) is 11.1 Å². The Morgan fingerprint density at radius 3 is 2.52 bits per heavy atom. The molecular formula is C25H22N2O4. The molecule has 6 heteroatoms. The third kappa shape index (κ3) is 4.43. The van der Waals surface area contributed by atoms with Gasteiger partial charge in [0.1, 0.15) is 17.0 Å². The maximum absolute atomic E-state index is 13.0. The van der Waals surface area contributed by atoms with Crippen molar-refractivity contribution in [3.8, 4) is 5.75 Å². The number of nitrogens with one attached hydrogen (secondary N) is 2. The predicted octanol–water partition coefficient (Wildman–Crippen LogP) is 5.18. The highest BCUT2D eigenvalue weighted by Gasteiger charge is 2.23. The van der Waals surface area contributed by atoms with E-state index < -0.39 is 5.91 Å². The zero-order valence-corrected chi connectivity index (χ0v) is 17.3. The number of fused-ring (bicyclic) bond motifs is 1. The van der Waals surface area contributed by atoms with Gasteiger partial charge in [-0.3, -0.25) is 9.59 Å². The van der Waals surface area contributed by atoms with Gasteiger partial charge in [0.05, 0.1) is 19.2 Å². The lowest BCUT2D eigenvalue weighted by Crippen LogP contribution is -2.18. The molecule has 0 bridgehead atoms. The molecule has 4 aromatic rings. The number of hydrogen-bond donors (Lipinski definition) is 2. The lowest BCUT2D eigenvalue weighted by molar-refractivity contribution is -0.115. The van der Waals surface area contributed by atoms with Crippen molar-refractivity contribution in [1.29, 1.82) is 0 Å². The molecule has 0 fully saturated rings. The van der Waals surface area contributed by atoms with Crippen molar-refractivity contribution in [2.24, 2.45) is 0 Å². The van der Waals surface area contributed by atoms with E-state index in [9.17, 15) is 9.59 Å². The summed E-state index contributed by atoms with van der Waals surface area (Å²) in [6.07, 6.45) is 0.189. The first-order chi connectivity index (χ1) is 15.0. The Balaban J connectivity index is 1.64. The molecule has 6 nitrogen and oxygen atoms in total. The van der Waals surface area contributed by atoms with Crippen LogP contribution < -0.4 is 15.4 Å². The monoisotopic (exact) mass is 414 g/mol. The molecule has 0 radical (unpaired) electrons. The molecule has 4 rings (SSSR count). The largest absolute Gasteiger partial charge is 0.495 e. The van der Waals surface area contributed by atoms with Crippen LogP contribution in [0.1, 0.15) is 21.7 Å². The molecule has 0 aliphatic heterocycles. The van der Waals surface area contributed by atoms with Crippen LogP contribution in [0.5, 0.6) is 5.75 Å². The fourth-order valence-electron chi connectivity index (χ4n) is 3.45. The minimum absolute atomic E-state index is 0.0321. The third-order valence-electron chi connectivity index (χ3n) is 4.87. The first-order valence-electron chi connectivity index (χ1n) is 9.86. The number of carbonyl (C=O) groups excluding carboxylic acids is 2. The molecule has 0 spiro atoms. The zero-order chi connectivity index (χ0) is 21.8. The second-order valence-electron chi connectivity index (χ2n) is 7.17. The van der Waals surface area contributed by atoms with Crippen molar-refractivity contribution in [2.45, 2.75) is 13.3 Å². The summed E-state index contributed by atoms with van der Waals surface area (Å²) in [5, 5.41) is 6.33. The van der Waals surface area contributed by atoms with Crippen LogP contribution in [0.3, 0.4) is 0 Å². The van der Waals surface area contributed by atoms with E-state index in [0.29, 0.717) is 28.1 Å². The van der Waals surface area contributed by atoms with Gasteiger partial charge in [0.2, 0.25) is 11.7 Å². The summed E-state index contributed by atoms with van der Waals surface area (Å²) in [6, 6.07) is 22.0. The predicted molar refractivity (Wildman–Crippen MR) is 121 cm³/mol. The van der Waals surface area contributed by atoms with Crippen LogP contribution in [-0.2, 0) is 11.2 Å². The van der Waals surface area contributed by atoms with Gasteiger partial charge < -0.3 is 19.8 Å². The van der Waals surface area contributed by atoms with Gasteiger partial charge in [0.25, 0.3) is 5.91 Å². The van der Waals surface area contributed by atoms with Crippen molar-refractivity contribution < 1.29 is 18.7 Å². The molecule has 0 unspecified atom stereocenters. The quantitative estimate of drug-likeness (QED) is 0.455. The summed E-state index contributed by atoms with van der Waals surface area (Å²) in [5.74, 6) is -0.156. The summed E-state index contributed by atoms with van der Waals surface area (Å²) in [4.78, 5) is 25.8. The molecule has 156 valence electrons. The van der Waals surface area contributed by atoms with Gasteiger partial charge in [0, 0.05) is 5.39 Å². The summed E-state index contributed by atoms with van der Waals surface area (Å²) in [5.41, 5.74) is 3.34. The molecule has 1 aromatic heterocycles. The fraction of sp³-hybridized carbons (Fsp3) is 0.120. The number of amides is 2. The number of hydrogen-bond acceptors (Lipinski definition) is 4. The van der Waals surface area contributed by atoms with E-state index in [1.165, 1.54) is 7.11 Å². The standard InChI is InChI=1S/C25H22N2O4/c1-16-8-7-9-17(14-16)15-22(28)27-23-18-10-3-5-12-20(18)31-24(23)25(29)26-19-11-4-6-13-21(19)30-2/h3-14H,15H2,1-2H3,(H,26,29)(H,27,28). The van der Waals surface area contributed by atoms with Crippen LogP contribution in [-0.4, -0.2) is 18.9 Å². The van der Waals surface area contributed by atoms with Crippen molar-refractivity contribution in [3.63, 3.8) is 0 Å². The normalized spacial score (nSPS) is 10.6. The van der Waals surface area contributed by atoms with Crippen LogP contribution in [0, 0.1) is 6.92 Å². The second kappa shape index (κ2) is 8.75. The average molecular weight is 414 g/mol. The molecule has 0 aliphatic carbocycles. The molecule has 0 atom stereocenters. The van der Waals surface area contributed by atoms with Crippen LogP contribution in [0.4, 0.5) is 11.4 Å². The molecule has 31 heavy (non-hydrogen) atoms. The van der Waals surface area contributed by atoms with E-state index in [4.69, 9.17) is 9.15 Å². The Kier molecular flexibility index (Phi) is 5.71. The van der Waals surface area contributed by atoms with Gasteiger partial charge in [-0.25, -0.2) is 0 Å². The first-order valence-corrected chi connectivity index (χ1v) is 9.86. The lowest BCUT2D eigenvalue weighted by atomic mass is 10.1. The van der Waals surface area contributed by atoms with Gasteiger partial charge in [-0.05, 0) is 36.8 Å². The second-order valence-corrected chi connectivity index (χ2v) is 7.17. The van der Waals surface area contributed by atoms with E-state index in [1.807, 2.05) is 49.4 Å². The van der Waals surface area contributed by atoms with Gasteiger partial charge in [-0.2, -0.15) is 0 Å². The van der Waals surface area contributed by atoms with E-state index in [1.54, 1.807) is 30.3 Å². The Labute approximate surface area is 179 Å². The fourth-order valence-corrected chi connectivity index (χ4v) is 3.45. The Morgan fingerprint density at radius 1 is 0.935 bits per heavy atom. The summed E-state index contributed by atoms with van der Waals surface area (Å²) >= 11 is 0. The number of methoxy groups -OCH3 is 1. The van der Waals surface area contributed by atoms with Crippen LogP contribution in [0.15, 0.2) is 77.2 Å². The molecule has 1 heterocycles. The van der Waals surface area contributed by atoms with Gasteiger partial charge in [-0.1, -0.05) is 54.1 Å². The number of aryl methyl sites for hydroxylation is 1. The van der Waals surface area contributed by atoms with Crippen LogP contribution >= 0.6 is 0 Å². The maximum atomic E-state index is 13.0. The number of anilines is 2. The molecule has 0 saturated heterocycles. The Hall–Kier alpha value is -4.06.